The van der Waals surface area contributed by atoms with Crippen LogP contribution in [0.3, 0.4) is 0 Å². The zero-order chi connectivity index (χ0) is 18.9. The maximum atomic E-state index is 12.5. The van der Waals surface area contributed by atoms with Crippen LogP contribution in [-0.2, 0) is 14.3 Å². The summed E-state index contributed by atoms with van der Waals surface area (Å²) in [7, 11) is 1.61. The Kier molecular flexibility index (Phi) is 7.91. The van der Waals surface area contributed by atoms with Gasteiger partial charge < -0.3 is 20.1 Å². The number of rotatable bonds is 8. The normalized spacial score (nSPS) is 19.8. The zero-order valence-corrected chi connectivity index (χ0v) is 15.9. The highest BCUT2D eigenvalue weighted by molar-refractivity contribution is 5.92. The van der Waals surface area contributed by atoms with Gasteiger partial charge in [-0.15, -0.1) is 0 Å². The van der Waals surface area contributed by atoms with Gasteiger partial charge in [0, 0.05) is 31.2 Å². The molecule has 1 aromatic rings. The van der Waals surface area contributed by atoms with Gasteiger partial charge in [-0.25, -0.2) is 0 Å². The molecule has 0 heterocycles. The Morgan fingerprint density at radius 3 is 2.15 bits per heavy atom. The standard InChI is InChI=1S/C20H30N2O4/c1-14(2)26-18-10-8-17(9-11-18)22-20(24)16-6-4-15(5-7-16)19(23)21-12-13-25-3/h8-11,14-16H,4-7,12-13H2,1-3H3,(H,21,23)(H,22,24). The molecule has 1 aliphatic carbocycles. The van der Waals surface area contributed by atoms with E-state index in [-0.39, 0.29) is 29.8 Å². The molecule has 0 unspecified atom stereocenters. The number of benzene rings is 1. The van der Waals surface area contributed by atoms with E-state index in [1.54, 1.807) is 7.11 Å². The molecular formula is C20H30N2O4. The van der Waals surface area contributed by atoms with E-state index in [9.17, 15) is 9.59 Å². The molecule has 0 spiro atoms. The van der Waals surface area contributed by atoms with Crippen molar-refractivity contribution >= 4 is 17.5 Å². The second-order valence-electron chi connectivity index (χ2n) is 7.01. The SMILES string of the molecule is COCCNC(=O)C1CCC(C(=O)Nc2ccc(OC(C)C)cc2)CC1. The average molecular weight is 362 g/mol. The van der Waals surface area contributed by atoms with Gasteiger partial charge in [-0.1, -0.05) is 0 Å². The fourth-order valence-electron chi connectivity index (χ4n) is 3.17. The molecule has 2 N–H and O–H groups in total. The summed E-state index contributed by atoms with van der Waals surface area (Å²) < 4.78 is 10.5. The number of hydrogen-bond donors (Lipinski definition) is 2. The molecular weight excluding hydrogens is 332 g/mol. The Morgan fingerprint density at radius 1 is 1.04 bits per heavy atom. The lowest BCUT2D eigenvalue weighted by molar-refractivity contribution is -0.128. The molecule has 144 valence electrons. The maximum absolute atomic E-state index is 12.5. The van der Waals surface area contributed by atoms with E-state index < -0.39 is 0 Å². The van der Waals surface area contributed by atoms with Gasteiger partial charge in [0.25, 0.3) is 0 Å². The van der Waals surface area contributed by atoms with Gasteiger partial charge >= 0.3 is 0 Å². The van der Waals surface area contributed by atoms with Gasteiger partial charge in [-0.2, -0.15) is 0 Å². The summed E-state index contributed by atoms with van der Waals surface area (Å²) in [6.07, 6.45) is 3.10. The van der Waals surface area contributed by atoms with E-state index in [1.807, 2.05) is 38.1 Å². The molecule has 0 saturated heterocycles. The minimum atomic E-state index is -0.0374. The summed E-state index contributed by atoms with van der Waals surface area (Å²) in [5.74, 6) is 0.855. The zero-order valence-electron chi connectivity index (χ0n) is 15.9. The average Bonchev–Trinajstić information content (AvgIpc) is 2.63. The Morgan fingerprint density at radius 2 is 1.62 bits per heavy atom. The molecule has 1 fully saturated rings. The lowest BCUT2D eigenvalue weighted by atomic mass is 9.81. The van der Waals surface area contributed by atoms with Crippen molar-refractivity contribution < 1.29 is 19.1 Å². The molecule has 1 aromatic carbocycles. The van der Waals surface area contributed by atoms with Crippen LogP contribution in [0.5, 0.6) is 5.75 Å². The summed E-state index contributed by atoms with van der Waals surface area (Å²) in [5.41, 5.74) is 0.769. The van der Waals surface area contributed by atoms with Crippen LogP contribution in [0.1, 0.15) is 39.5 Å². The minimum Gasteiger partial charge on any atom is -0.491 e. The fraction of sp³-hybridized carbons (Fsp3) is 0.600. The van der Waals surface area contributed by atoms with Crippen LogP contribution in [0.2, 0.25) is 0 Å². The second-order valence-corrected chi connectivity index (χ2v) is 7.01. The van der Waals surface area contributed by atoms with Gasteiger partial charge in [0.2, 0.25) is 11.8 Å². The van der Waals surface area contributed by atoms with Gasteiger partial charge in [-0.05, 0) is 63.8 Å². The summed E-state index contributed by atoms with van der Waals surface area (Å²) in [5, 5.41) is 5.85. The molecule has 1 aliphatic rings. The van der Waals surface area contributed by atoms with Crippen molar-refractivity contribution in [2.75, 3.05) is 25.6 Å². The van der Waals surface area contributed by atoms with Crippen molar-refractivity contribution in [3.05, 3.63) is 24.3 Å². The first-order valence-electron chi connectivity index (χ1n) is 9.33. The topological polar surface area (TPSA) is 76.7 Å². The van der Waals surface area contributed by atoms with E-state index in [4.69, 9.17) is 9.47 Å². The van der Waals surface area contributed by atoms with Crippen molar-refractivity contribution in [2.24, 2.45) is 11.8 Å². The van der Waals surface area contributed by atoms with Crippen molar-refractivity contribution in [3.63, 3.8) is 0 Å². The minimum absolute atomic E-state index is 0.00312. The molecule has 6 nitrogen and oxygen atoms in total. The Bertz CT molecular complexity index is 578. The van der Waals surface area contributed by atoms with Crippen LogP contribution in [0.25, 0.3) is 0 Å². The molecule has 0 aromatic heterocycles. The largest absolute Gasteiger partial charge is 0.491 e. The number of carbonyl (C=O) groups excluding carboxylic acids is 2. The van der Waals surface area contributed by atoms with Crippen LogP contribution < -0.4 is 15.4 Å². The Hall–Kier alpha value is -2.08. The third-order valence-corrected chi connectivity index (χ3v) is 4.57. The molecule has 0 aliphatic heterocycles. The number of hydrogen-bond acceptors (Lipinski definition) is 4. The van der Waals surface area contributed by atoms with Crippen LogP contribution in [-0.4, -0.2) is 38.2 Å². The van der Waals surface area contributed by atoms with Crippen LogP contribution in [0.4, 0.5) is 5.69 Å². The van der Waals surface area contributed by atoms with Gasteiger partial charge in [0.1, 0.15) is 5.75 Å². The highest BCUT2D eigenvalue weighted by atomic mass is 16.5. The van der Waals surface area contributed by atoms with Crippen LogP contribution in [0.15, 0.2) is 24.3 Å². The van der Waals surface area contributed by atoms with Crippen molar-refractivity contribution in [1.29, 1.82) is 0 Å². The van der Waals surface area contributed by atoms with E-state index >= 15 is 0 Å². The van der Waals surface area contributed by atoms with Crippen molar-refractivity contribution in [2.45, 2.75) is 45.6 Å². The monoisotopic (exact) mass is 362 g/mol. The molecule has 0 atom stereocenters. The van der Waals surface area contributed by atoms with Crippen LogP contribution in [0, 0.1) is 11.8 Å². The van der Waals surface area contributed by atoms with Gasteiger partial charge in [0.05, 0.1) is 12.7 Å². The first kappa shape index (κ1) is 20.2. The summed E-state index contributed by atoms with van der Waals surface area (Å²) in [6.45, 7) is 5.00. The third-order valence-electron chi connectivity index (χ3n) is 4.57. The smallest absolute Gasteiger partial charge is 0.227 e. The fourth-order valence-corrected chi connectivity index (χ4v) is 3.17. The molecule has 6 heteroatoms. The van der Waals surface area contributed by atoms with E-state index in [1.165, 1.54) is 0 Å². The predicted molar refractivity (Wildman–Crippen MR) is 101 cm³/mol. The van der Waals surface area contributed by atoms with E-state index in [2.05, 4.69) is 10.6 Å². The number of nitrogens with one attached hydrogen (secondary N) is 2. The lowest BCUT2D eigenvalue weighted by Crippen LogP contribution is -2.36. The molecule has 2 amide bonds. The number of ether oxygens (including phenoxy) is 2. The molecule has 1 saturated carbocycles. The third kappa shape index (κ3) is 6.33. The van der Waals surface area contributed by atoms with E-state index in [0.29, 0.717) is 13.2 Å². The molecule has 26 heavy (non-hydrogen) atoms. The Labute approximate surface area is 155 Å². The van der Waals surface area contributed by atoms with Gasteiger partial charge in [-0.3, -0.25) is 9.59 Å². The summed E-state index contributed by atoms with van der Waals surface area (Å²) in [6, 6.07) is 7.42. The number of amides is 2. The Balaban J connectivity index is 1.76. The van der Waals surface area contributed by atoms with E-state index in [0.717, 1.165) is 37.1 Å². The van der Waals surface area contributed by atoms with Crippen molar-refractivity contribution in [1.82, 2.24) is 5.32 Å². The quantitative estimate of drug-likeness (QED) is 0.697. The number of anilines is 1. The first-order chi connectivity index (χ1) is 12.5. The van der Waals surface area contributed by atoms with Gasteiger partial charge in [0.15, 0.2) is 0 Å². The number of methoxy groups -OCH3 is 1. The lowest BCUT2D eigenvalue weighted by Gasteiger charge is -2.27. The maximum Gasteiger partial charge on any atom is 0.227 e. The highest BCUT2D eigenvalue weighted by Gasteiger charge is 2.29. The van der Waals surface area contributed by atoms with Crippen molar-refractivity contribution in [3.8, 4) is 5.75 Å². The predicted octanol–water partition coefficient (Wildman–Crippen LogP) is 2.98. The second kappa shape index (κ2) is 10.2. The summed E-state index contributed by atoms with van der Waals surface area (Å²) in [4.78, 5) is 24.5. The highest BCUT2D eigenvalue weighted by Crippen LogP contribution is 2.30. The van der Waals surface area contributed by atoms with Crippen LogP contribution >= 0.6 is 0 Å². The molecule has 2 rings (SSSR count). The first-order valence-corrected chi connectivity index (χ1v) is 9.33. The number of carbonyl (C=O) groups is 2. The summed E-state index contributed by atoms with van der Waals surface area (Å²) >= 11 is 0. The molecule has 0 bridgehead atoms. The molecule has 0 radical (unpaired) electrons.